The van der Waals surface area contributed by atoms with Gasteiger partial charge in [0.2, 0.25) is 5.91 Å². The third-order valence-corrected chi connectivity index (χ3v) is 5.38. The second kappa shape index (κ2) is 8.78. The lowest BCUT2D eigenvalue weighted by molar-refractivity contribution is -0.125. The van der Waals surface area contributed by atoms with E-state index in [1.165, 1.54) is 5.56 Å². The Bertz CT molecular complexity index is 555. The number of aromatic nitrogens is 2. The normalized spacial score (nSPS) is 24.2. The summed E-state index contributed by atoms with van der Waals surface area (Å²) in [5, 5.41) is 7.22. The molecule has 3 heterocycles. The summed E-state index contributed by atoms with van der Waals surface area (Å²) < 4.78 is 7.46. The van der Waals surface area contributed by atoms with Gasteiger partial charge in [-0.15, -0.1) is 0 Å². The number of hydrogen-bond donors (Lipinski definition) is 1. The van der Waals surface area contributed by atoms with E-state index in [-0.39, 0.29) is 11.8 Å². The summed E-state index contributed by atoms with van der Waals surface area (Å²) in [5.74, 6) is 0.157. The molecule has 7 nitrogen and oxygen atoms in total. The molecule has 1 aromatic heterocycles. The van der Waals surface area contributed by atoms with Gasteiger partial charge in [-0.1, -0.05) is 0 Å². The molecule has 0 radical (unpaired) electrons. The molecule has 0 bridgehead atoms. The predicted octanol–water partition coefficient (Wildman–Crippen LogP) is 0.562. The molecule has 7 heteroatoms. The molecule has 2 aliphatic heterocycles. The van der Waals surface area contributed by atoms with Crippen LogP contribution in [-0.2, 0) is 22.6 Å². The highest BCUT2D eigenvalue weighted by molar-refractivity contribution is 5.78. The molecule has 3 rings (SSSR count). The molecule has 0 saturated carbocycles. The highest BCUT2D eigenvalue weighted by Crippen LogP contribution is 2.20. The zero-order valence-electron chi connectivity index (χ0n) is 15.5. The van der Waals surface area contributed by atoms with Crippen LogP contribution in [0.25, 0.3) is 0 Å². The Labute approximate surface area is 150 Å². The van der Waals surface area contributed by atoms with Gasteiger partial charge in [-0.05, 0) is 19.8 Å². The first-order valence-corrected chi connectivity index (χ1v) is 9.46. The van der Waals surface area contributed by atoms with Gasteiger partial charge in [0.05, 0.1) is 12.1 Å². The van der Waals surface area contributed by atoms with E-state index < -0.39 is 0 Å². The van der Waals surface area contributed by atoms with E-state index in [4.69, 9.17) is 4.74 Å². The SMILES string of the molecule is CCn1cc(CN2CCN(C3CCOCC3)CC(C(=O)NC)C2)cn1. The number of amides is 1. The minimum Gasteiger partial charge on any atom is -0.381 e. The summed E-state index contributed by atoms with van der Waals surface area (Å²) >= 11 is 0. The number of nitrogens with one attached hydrogen (secondary N) is 1. The van der Waals surface area contributed by atoms with Crippen molar-refractivity contribution in [1.29, 1.82) is 0 Å². The largest absolute Gasteiger partial charge is 0.381 e. The molecule has 1 N–H and O–H groups in total. The summed E-state index contributed by atoms with van der Waals surface area (Å²) in [7, 11) is 1.74. The first-order chi connectivity index (χ1) is 12.2. The number of rotatable bonds is 5. The standard InChI is InChI=1S/C18H31N5O2/c1-3-23-12-15(10-20-23)11-21-6-7-22(17-4-8-25-9-5-17)14-16(13-21)18(24)19-2/h10,12,16-17H,3-9,11,13-14H2,1-2H3,(H,19,24). The van der Waals surface area contributed by atoms with Crippen molar-refractivity contribution in [3.8, 4) is 0 Å². The summed E-state index contributed by atoms with van der Waals surface area (Å²) in [4.78, 5) is 17.3. The fourth-order valence-corrected chi connectivity index (χ4v) is 3.92. The van der Waals surface area contributed by atoms with E-state index in [9.17, 15) is 4.79 Å². The zero-order chi connectivity index (χ0) is 17.6. The van der Waals surface area contributed by atoms with Crippen LogP contribution in [-0.4, -0.2) is 78.0 Å². The van der Waals surface area contributed by atoms with Crippen molar-refractivity contribution >= 4 is 5.91 Å². The molecule has 0 aliphatic carbocycles. The first-order valence-electron chi connectivity index (χ1n) is 9.46. The van der Waals surface area contributed by atoms with Gasteiger partial charge >= 0.3 is 0 Å². The molecule has 140 valence electrons. The van der Waals surface area contributed by atoms with Crippen molar-refractivity contribution in [2.45, 2.75) is 38.9 Å². The summed E-state index contributed by atoms with van der Waals surface area (Å²) in [6, 6.07) is 0.545. The molecule has 25 heavy (non-hydrogen) atoms. The Morgan fingerprint density at radius 2 is 2.12 bits per heavy atom. The van der Waals surface area contributed by atoms with Gasteiger partial charge in [-0.3, -0.25) is 19.3 Å². The van der Waals surface area contributed by atoms with Crippen molar-refractivity contribution < 1.29 is 9.53 Å². The smallest absolute Gasteiger partial charge is 0.225 e. The summed E-state index contributed by atoms with van der Waals surface area (Å²) in [5.41, 5.74) is 1.22. The van der Waals surface area contributed by atoms with E-state index in [0.717, 1.165) is 65.3 Å². The monoisotopic (exact) mass is 349 g/mol. The number of carbonyl (C=O) groups excluding carboxylic acids is 1. The molecule has 2 fully saturated rings. The maximum atomic E-state index is 12.4. The predicted molar refractivity (Wildman–Crippen MR) is 96.1 cm³/mol. The fourth-order valence-electron chi connectivity index (χ4n) is 3.92. The topological polar surface area (TPSA) is 62.6 Å². The van der Waals surface area contributed by atoms with Gasteiger partial charge in [0, 0.05) is 77.3 Å². The average molecular weight is 349 g/mol. The van der Waals surface area contributed by atoms with Gasteiger partial charge in [0.1, 0.15) is 0 Å². The van der Waals surface area contributed by atoms with Crippen LogP contribution in [0.4, 0.5) is 0 Å². The van der Waals surface area contributed by atoms with Crippen molar-refractivity contribution in [2.24, 2.45) is 5.92 Å². The maximum absolute atomic E-state index is 12.4. The molecule has 0 spiro atoms. The van der Waals surface area contributed by atoms with Crippen LogP contribution in [0, 0.1) is 5.92 Å². The van der Waals surface area contributed by atoms with Gasteiger partial charge in [0.15, 0.2) is 0 Å². The third-order valence-electron chi connectivity index (χ3n) is 5.38. The zero-order valence-corrected chi connectivity index (χ0v) is 15.5. The van der Waals surface area contributed by atoms with Crippen LogP contribution in [0.15, 0.2) is 12.4 Å². The molecule has 0 aromatic carbocycles. The second-order valence-electron chi connectivity index (χ2n) is 7.09. The first kappa shape index (κ1) is 18.4. The number of ether oxygens (including phenoxy) is 1. The lowest BCUT2D eigenvalue weighted by Crippen LogP contribution is -2.45. The van der Waals surface area contributed by atoms with Crippen LogP contribution in [0.3, 0.4) is 0 Å². The number of nitrogens with zero attached hydrogens (tertiary/aromatic N) is 4. The lowest BCUT2D eigenvalue weighted by Gasteiger charge is -2.34. The molecular weight excluding hydrogens is 318 g/mol. The second-order valence-corrected chi connectivity index (χ2v) is 7.09. The van der Waals surface area contributed by atoms with Gasteiger partial charge < -0.3 is 10.1 Å². The molecule has 2 saturated heterocycles. The van der Waals surface area contributed by atoms with E-state index in [1.807, 2.05) is 10.9 Å². The Morgan fingerprint density at radius 3 is 2.80 bits per heavy atom. The minimum absolute atomic E-state index is 0.0107. The minimum atomic E-state index is 0.0107. The van der Waals surface area contributed by atoms with Crippen LogP contribution in [0.1, 0.15) is 25.3 Å². The van der Waals surface area contributed by atoms with E-state index in [0.29, 0.717) is 6.04 Å². The van der Waals surface area contributed by atoms with Crippen molar-refractivity contribution in [3.05, 3.63) is 18.0 Å². The van der Waals surface area contributed by atoms with E-state index in [1.54, 1.807) is 7.05 Å². The quantitative estimate of drug-likeness (QED) is 0.842. The molecule has 1 amide bonds. The Balaban J connectivity index is 1.67. The van der Waals surface area contributed by atoms with Crippen molar-refractivity contribution in [3.63, 3.8) is 0 Å². The maximum Gasteiger partial charge on any atom is 0.225 e. The molecular formula is C18H31N5O2. The molecule has 1 aromatic rings. The van der Waals surface area contributed by atoms with Crippen LogP contribution >= 0.6 is 0 Å². The fraction of sp³-hybridized carbons (Fsp3) is 0.778. The highest BCUT2D eigenvalue weighted by atomic mass is 16.5. The Morgan fingerprint density at radius 1 is 1.32 bits per heavy atom. The Kier molecular flexibility index (Phi) is 6.45. The van der Waals surface area contributed by atoms with Crippen LogP contribution < -0.4 is 5.32 Å². The summed E-state index contributed by atoms with van der Waals surface area (Å²) in [6.07, 6.45) is 6.20. The number of hydrogen-bond acceptors (Lipinski definition) is 5. The van der Waals surface area contributed by atoms with Gasteiger partial charge in [-0.25, -0.2) is 0 Å². The van der Waals surface area contributed by atoms with Crippen molar-refractivity contribution in [1.82, 2.24) is 24.9 Å². The number of aryl methyl sites for hydroxylation is 1. The van der Waals surface area contributed by atoms with Crippen molar-refractivity contribution in [2.75, 3.05) is 46.4 Å². The molecule has 1 atom stereocenters. The van der Waals surface area contributed by atoms with Crippen LogP contribution in [0.2, 0.25) is 0 Å². The Hall–Kier alpha value is -1.44. The molecule has 1 unspecified atom stereocenters. The van der Waals surface area contributed by atoms with Gasteiger partial charge in [-0.2, -0.15) is 5.10 Å². The van der Waals surface area contributed by atoms with E-state index >= 15 is 0 Å². The average Bonchev–Trinajstić information content (AvgIpc) is 3.00. The lowest BCUT2D eigenvalue weighted by atomic mass is 10.0. The van der Waals surface area contributed by atoms with Crippen LogP contribution in [0.5, 0.6) is 0 Å². The highest BCUT2D eigenvalue weighted by Gasteiger charge is 2.31. The summed E-state index contributed by atoms with van der Waals surface area (Å²) in [6.45, 7) is 9.16. The van der Waals surface area contributed by atoms with E-state index in [2.05, 4.69) is 33.3 Å². The third kappa shape index (κ3) is 4.80. The number of carbonyl (C=O) groups is 1. The van der Waals surface area contributed by atoms with Gasteiger partial charge in [0.25, 0.3) is 0 Å². The molecule has 2 aliphatic rings.